The number of Topliss-reactive ketones (excluding diaryl/α,β-unsaturated/α-hetero) is 1. The Balaban J connectivity index is 1.38. The molecule has 0 N–H and O–H groups in total. The molecular formula is C28H24F2N4O4S. The second kappa shape index (κ2) is 9.57. The normalized spacial score (nSPS) is 20.7. The van der Waals surface area contributed by atoms with Gasteiger partial charge in [0.05, 0.1) is 17.2 Å². The molecule has 1 aliphatic carbocycles. The van der Waals surface area contributed by atoms with Crippen molar-refractivity contribution in [1.82, 2.24) is 14.3 Å². The van der Waals surface area contributed by atoms with E-state index in [0.29, 0.717) is 47.1 Å². The van der Waals surface area contributed by atoms with Gasteiger partial charge in [-0.2, -0.15) is 8.78 Å². The molecule has 0 unspecified atom stereocenters. The number of ether oxygens (including phenoxy) is 1. The maximum Gasteiger partial charge on any atom is 0.387 e. The van der Waals surface area contributed by atoms with Gasteiger partial charge in [-0.3, -0.25) is 4.79 Å². The summed E-state index contributed by atoms with van der Waals surface area (Å²) in [7, 11) is -3.03. The molecule has 4 heterocycles. The first-order chi connectivity index (χ1) is 18.7. The Labute approximate surface area is 223 Å². The summed E-state index contributed by atoms with van der Waals surface area (Å²) in [6.07, 6.45) is 7.39. The van der Waals surface area contributed by atoms with E-state index in [1.54, 1.807) is 30.5 Å². The topological polar surface area (TPSA) is 93.3 Å². The Morgan fingerprint density at radius 1 is 1.08 bits per heavy atom. The molecule has 3 aromatic rings. The number of benzene rings is 1. The summed E-state index contributed by atoms with van der Waals surface area (Å²) in [6, 6.07) is 10.2. The molecule has 0 saturated carbocycles. The number of hydrogen-bond acceptors (Lipinski definition) is 7. The van der Waals surface area contributed by atoms with Crippen molar-refractivity contribution in [2.45, 2.75) is 19.0 Å². The van der Waals surface area contributed by atoms with Crippen molar-refractivity contribution in [2.24, 2.45) is 4.99 Å². The van der Waals surface area contributed by atoms with E-state index >= 15 is 0 Å². The zero-order valence-corrected chi connectivity index (χ0v) is 21.6. The van der Waals surface area contributed by atoms with Crippen LogP contribution in [0.3, 0.4) is 0 Å². The van der Waals surface area contributed by atoms with Crippen LogP contribution in [-0.2, 0) is 9.84 Å². The van der Waals surface area contributed by atoms with E-state index in [0.717, 1.165) is 11.1 Å². The highest BCUT2D eigenvalue weighted by atomic mass is 32.2. The largest absolute Gasteiger partial charge is 0.435 e. The van der Waals surface area contributed by atoms with Crippen molar-refractivity contribution in [2.75, 3.05) is 24.6 Å². The second-order valence-electron chi connectivity index (χ2n) is 9.62. The Hall–Kier alpha value is -4.12. The van der Waals surface area contributed by atoms with E-state index in [1.165, 1.54) is 6.07 Å². The molecule has 1 atom stereocenters. The highest BCUT2D eigenvalue weighted by molar-refractivity contribution is 7.91. The number of imidazole rings is 1. The van der Waals surface area contributed by atoms with Gasteiger partial charge in [0.2, 0.25) is 0 Å². The molecule has 1 fully saturated rings. The van der Waals surface area contributed by atoms with Crippen molar-refractivity contribution in [3.05, 3.63) is 95.6 Å². The van der Waals surface area contributed by atoms with E-state index in [2.05, 4.69) is 16.6 Å². The van der Waals surface area contributed by atoms with Gasteiger partial charge in [-0.05, 0) is 18.2 Å². The number of halogens is 2. The minimum atomic E-state index is -3.03. The molecule has 39 heavy (non-hydrogen) atoms. The number of amidine groups is 1. The quantitative estimate of drug-likeness (QED) is 0.482. The molecule has 8 nitrogen and oxygen atoms in total. The third-order valence-corrected chi connectivity index (χ3v) is 8.81. The number of aliphatic imine (C=N–C) groups is 1. The number of hydrogen-bond donors (Lipinski definition) is 0. The van der Waals surface area contributed by atoms with Crippen LogP contribution in [0.25, 0.3) is 11.2 Å². The summed E-state index contributed by atoms with van der Waals surface area (Å²) in [5.74, 6) is 0.160. The lowest BCUT2D eigenvalue weighted by molar-refractivity contribution is -0.0505. The maximum absolute atomic E-state index is 13.1. The fraction of sp³-hybridized carbons (Fsp3) is 0.250. The molecule has 0 bridgehead atoms. The lowest BCUT2D eigenvalue weighted by atomic mass is 9.95. The van der Waals surface area contributed by atoms with Crippen LogP contribution in [0.2, 0.25) is 0 Å². The van der Waals surface area contributed by atoms with Crippen molar-refractivity contribution in [1.29, 1.82) is 0 Å². The van der Waals surface area contributed by atoms with Gasteiger partial charge in [0, 0.05) is 60.1 Å². The Kier molecular flexibility index (Phi) is 6.17. The zero-order valence-electron chi connectivity index (χ0n) is 20.8. The molecule has 2 aromatic heterocycles. The summed E-state index contributed by atoms with van der Waals surface area (Å²) in [6.45, 7) is 1.83. The van der Waals surface area contributed by atoms with Gasteiger partial charge >= 0.3 is 6.61 Å². The SMILES string of the molecule is C=C1C=CC(c2ccc3nc4c(n3c2)[C@@H](c2ccccc2OC(F)F)CC4=O)=CN=C1N1CCS(=O)(=O)CC1. The number of para-hydroxylation sites is 1. The third-order valence-electron chi connectivity index (χ3n) is 7.20. The molecule has 2 aliphatic heterocycles. The molecule has 0 radical (unpaired) electrons. The average Bonchev–Trinajstić information content (AvgIpc) is 3.36. The zero-order chi connectivity index (χ0) is 27.3. The van der Waals surface area contributed by atoms with E-state index in [-0.39, 0.29) is 29.5 Å². The minimum absolute atomic E-state index is 0.0320. The molecule has 0 amide bonds. The van der Waals surface area contributed by atoms with Gasteiger partial charge in [0.1, 0.15) is 22.9 Å². The number of carbonyl (C=O) groups excluding carboxylic acids is 1. The van der Waals surface area contributed by atoms with Gasteiger partial charge in [0.25, 0.3) is 0 Å². The lowest BCUT2D eigenvalue weighted by Crippen LogP contribution is -2.44. The first-order valence-corrected chi connectivity index (χ1v) is 14.2. The number of sulfone groups is 1. The number of rotatable bonds is 4. The van der Waals surface area contributed by atoms with Gasteiger partial charge < -0.3 is 14.0 Å². The van der Waals surface area contributed by atoms with Gasteiger partial charge in [-0.25, -0.2) is 18.4 Å². The van der Waals surface area contributed by atoms with E-state index < -0.39 is 22.4 Å². The lowest BCUT2D eigenvalue weighted by Gasteiger charge is -2.29. The van der Waals surface area contributed by atoms with Gasteiger partial charge in [-0.15, -0.1) is 0 Å². The minimum Gasteiger partial charge on any atom is -0.435 e. The molecular weight excluding hydrogens is 526 g/mol. The van der Waals surface area contributed by atoms with Crippen molar-refractivity contribution in [3.63, 3.8) is 0 Å². The Bertz CT molecular complexity index is 1710. The van der Waals surface area contributed by atoms with Crippen LogP contribution < -0.4 is 4.74 Å². The highest BCUT2D eigenvalue weighted by Crippen LogP contribution is 2.42. The highest BCUT2D eigenvalue weighted by Gasteiger charge is 2.37. The summed E-state index contributed by atoms with van der Waals surface area (Å²) < 4.78 is 56.5. The molecule has 6 rings (SSSR count). The maximum atomic E-state index is 13.1. The summed E-state index contributed by atoms with van der Waals surface area (Å²) in [4.78, 5) is 24.0. The van der Waals surface area contributed by atoms with Crippen molar-refractivity contribution >= 4 is 32.7 Å². The molecule has 1 aromatic carbocycles. The van der Waals surface area contributed by atoms with E-state index in [1.807, 2.05) is 33.7 Å². The molecule has 11 heteroatoms. The van der Waals surface area contributed by atoms with Crippen LogP contribution in [0.1, 0.15) is 39.6 Å². The smallest absolute Gasteiger partial charge is 0.387 e. The van der Waals surface area contributed by atoms with Crippen LogP contribution in [0.5, 0.6) is 5.75 Å². The van der Waals surface area contributed by atoms with Crippen LogP contribution in [0.4, 0.5) is 8.78 Å². The number of aromatic nitrogens is 2. The number of nitrogens with zero attached hydrogens (tertiary/aromatic N) is 4. The Morgan fingerprint density at radius 2 is 1.85 bits per heavy atom. The molecule has 200 valence electrons. The van der Waals surface area contributed by atoms with Crippen LogP contribution in [0, 0.1) is 0 Å². The molecule has 1 saturated heterocycles. The van der Waals surface area contributed by atoms with Crippen molar-refractivity contribution in [3.8, 4) is 5.75 Å². The number of pyridine rings is 1. The van der Waals surface area contributed by atoms with Gasteiger partial charge in [-0.1, -0.05) is 36.9 Å². The number of alkyl halides is 2. The van der Waals surface area contributed by atoms with E-state index in [4.69, 9.17) is 4.74 Å². The molecule has 0 spiro atoms. The summed E-state index contributed by atoms with van der Waals surface area (Å²) in [5, 5.41) is 0. The third kappa shape index (κ3) is 4.67. The van der Waals surface area contributed by atoms with E-state index in [9.17, 15) is 22.0 Å². The monoisotopic (exact) mass is 550 g/mol. The number of ketones is 1. The first-order valence-electron chi connectivity index (χ1n) is 12.4. The summed E-state index contributed by atoms with van der Waals surface area (Å²) in [5.41, 5.74) is 4.27. The fourth-order valence-corrected chi connectivity index (χ4v) is 6.48. The number of allylic oxidation sites excluding steroid dienone is 2. The predicted molar refractivity (Wildman–Crippen MR) is 143 cm³/mol. The Morgan fingerprint density at radius 3 is 2.62 bits per heavy atom. The number of fused-ring (bicyclic) bond motifs is 3. The average molecular weight is 551 g/mol. The van der Waals surface area contributed by atoms with Crippen LogP contribution in [-0.4, -0.2) is 65.5 Å². The molecule has 3 aliphatic rings. The fourth-order valence-electron chi connectivity index (χ4n) is 5.28. The van der Waals surface area contributed by atoms with Crippen molar-refractivity contribution < 1.29 is 26.7 Å². The van der Waals surface area contributed by atoms with Gasteiger partial charge in [0.15, 0.2) is 15.6 Å². The van der Waals surface area contributed by atoms with Crippen LogP contribution in [0.15, 0.2) is 78.1 Å². The first kappa shape index (κ1) is 25.2. The standard InChI is InChI=1S/C28H24F2N4O4S/c1-17-6-7-18(15-31-27(17)33-10-12-39(36,37)13-11-33)19-8-9-24-32-25-22(35)14-21(26(25)34(24)16-19)20-4-2-3-5-23(20)38-28(29)30/h2-9,15-16,21,28H,1,10-14H2/t21-/m1/s1. The summed E-state index contributed by atoms with van der Waals surface area (Å²) >= 11 is 0. The second-order valence-corrected chi connectivity index (χ2v) is 11.9. The number of carbonyl (C=O) groups is 1. The predicted octanol–water partition coefficient (Wildman–Crippen LogP) is 4.25. The van der Waals surface area contributed by atoms with Crippen LogP contribution >= 0.6 is 0 Å².